The van der Waals surface area contributed by atoms with Crippen LogP contribution in [-0.2, 0) is 11.2 Å². The SMILES string of the molecule is CCCCCc1ccc(-n2c(C)cc(C(=O)CN3CCC(OC)C3)c2C)cc1. The Morgan fingerprint density at radius 1 is 1.18 bits per heavy atom. The van der Waals surface area contributed by atoms with Crippen molar-refractivity contribution in [2.75, 3.05) is 26.7 Å². The number of hydrogen-bond donors (Lipinski definition) is 0. The molecule has 2 aromatic rings. The third kappa shape index (κ3) is 4.73. The predicted octanol–water partition coefficient (Wildman–Crippen LogP) is 4.73. The third-order valence-electron chi connectivity index (χ3n) is 5.92. The van der Waals surface area contributed by atoms with E-state index in [1.165, 1.54) is 24.8 Å². The first-order chi connectivity index (χ1) is 13.5. The Balaban J connectivity index is 1.72. The maximum absolute atomic E-state index is 12.9. The number of carbonyl (C=O) groups excluding carboxylic acids is 1. The molecule has 0 bridgehead atoms. The van der Waals surface area contributed by atoms with E-state index >= 15 is 0 Å². The van der Waals surface area contributed by atoms with Gasteiger partial charge in [0.25, 0.3) is 0 Å². The first-order valence-electron chi connectivity index (χ1n) is 10.6. The van der Waals surface area contributed by atoms with Gasteiger partial charge in [0.15, 0.2) is 5.78 Å². The molecule has 0 saturated carbocycles. The fourth-order valence-corrected chi connectivity index (χ4v) is 4.25. The number of aryl methyl sites for hydroxylation is 2. The number of Topliss-reactive ketones (excluding diaryl/α,β-unsaturated/α-hetero) is 1. The molecule has 1 aromatic heterocycles. The highest BCUT2D eigenvalue weighted by Crippen LogP contribution is 2.23. The van der Waals surface area contributed by atoms with Gasteiger partial charge in [0.1, 0.15) is 0 Å². The molecule has 0 amide bonds. The molecule has 1 aromatic carbocycles. The number of hydrogen-bond acceptors (Lipinski definition) is 3. The van der Waals surface area contributed by atoms with Crippen LogP contribution in [-0.4, -0.2) is 48.1 Å². The Labute approximate surface area is 169 Å². The maximum atomic E-state index is 12.9. The Bertz CT molecular complexity index is 792. The number of ketones is 1. The van der Waals surface area contributed by atoms with Crippen molar-refractivity contribution >= 4 is 5.78 Å². The van der Waals surface area contributed by atoms with Crippen molar-refractivity contribution < 1.29 is 9.53 Å². The minimum Gasteiger partial charge on any atom is -0.380 e. The Kier molecular flexibility index (Phi) is 7.08. The van der Waals surface area contributed by atoms with Gasteiger partial charge in [-0.05, 0) is 56.9 Å². The maximum Gasteiger partial charge on any atom is 0.178 e. The molecule has 0 spiro atoms. The Hall–Kier alpha value is -1.91. The fourth-order valence-electron chi connectivity index (χ4n) is 4.25. The van der Waals surface area contributed by atoms with E-state index < -0.39 is 0 Å². The van der Waals surface area contributed by atoms with Crippen LogP contribution in [0.5, 0.6) is 0 Å². The summed E-state index contributed by atoms with van der Waals surface area (Å²) in [6.45, 7) is 8.62. The molecule has 28 heavy (non-hydrogen) atoms. The van der Waals surface area contributed by atoms with Crippen LogP contribution < -0.4 is 0 Å². The second-order valence-corrected chi connectivity index (χ2v) is 8.05. The van der Waals surface area contributed by atoms with Crippen LogP contribution in [0.25, 0.3) is 5.69 Å². The van der Waals surface area contributed by atoms with Crippen molar-refractivity contribution in [1.82, 2.24) is 9.47 Å². The molecule has 1 aliphatic heterocycles. The monoisotopic (exact) mass is 382 g/mol. The summed E-state index contributed by atoms with van der Waals surface area (Å²) in [5.74, 6) is 0.201. The van der Waals surface area contributed by atoms with Gasteiger partial charge in [0.05, 0.1) is 12.6 Å². The number of benzene rings is 1. The van der Waals surface area contributed by atoms with Crippen molar-refractivity contribution in [3.05, 3.63) is 52.8 Å². The number of nitrogens with zero attached hydrogens (tertiary/aromatic N) is 2. The van der Waals surface area contributed by atoms with Gasteiger partial charge in [-0.25, -0.2) is 0 Å². The smallest absolute Gasteiger partial charge is 0.178 e. The fraction of sp³-hybridized carbons (Fsp3) is 0.542. The molecule has 1 atom stereocenters. The number of methoxy groups -OCH3 is 1. The highest BCUT2D eigenvalue weighted by molar-refractivity contribution is 5.99. The van der Waals surface area contributed by atoms with Gasteiger partial charge in [0, 0.05) is 42.8 Å². The number of aromatic nitrogens is 1. The largest absolute Gasteiger partial charge is 0.380 e. The summed E-state index contributed by atoms with van der Waals surface area (Å²) in [6, 6.07) is 10.8. The van der Waals surface area contributed by atoms with Crippen LogP contribution in [0.3, 0.4) is 0 Å². The van der Waals surface area contributed by atoms with Crippen molar-refractivity contribution in [1.29, 1.82) is 0 Å². The molecule has 0 aliphatic carbocycles. The van der Waals surface area contributed by atoms with Gasteiger partial charge in [-0.1, -0.05) is 31.9 Å². The van der Waals surface area contributed by atoms with E-state index in [1.54, 1.807) is 7.11 Å². The molecule has 2 heterocycles. The van der Waals surface area contributed by atoms with Gasteiger partial charge in [0.2, 0.25) is 0 Å². The van der Waals surface area contributed by atoms with E-state index in [0.29, 0.717) is 6.54 Å². The summed E-state index contributed by atoms with van der Waals surface area (Å²) in [4.78, 5) is 15.1. The lowest BCUT2D eigenvalue weighted by Gasteiger charge is -2.15. The molecule has 4 nitrogen and oxygen atoms in total. The molecular weight excluding hydrogens is 348 g/mol. The van der Waals surface area contributed by atoms with E-state index in [-0.39, 0.29) is 11.9 Å². The summed E-state index contributed by atoms with van der Waals surface area (Å²) < 4.78 is 7.62. The number of likely N-dealkylation sites (tertiary alicyclic amines) is 1. The molecule has 0 N–H and O–H groups in total. The topological polar surface area (TPSA) is 34.5 Å². The molecule has 152 valence electrons. The van der Waals surface area contributed by atoms with Crippen molar-refractivity contribution in [2.45, 2.75) is 59.0 Å². The summed E-state index contributed by atoms with van der Waals surface area (Å²) >= 11 is 0. The third-order valence-corrected chi connectivity index (χ3v) is 5.92. The zero-order valence-electron chi connectivity index (χ0n) is 17.8. The number of rotatable bonds is 9. The van der Waals surface area contributed by atoms with Crippen molar-refractivity contribution in [3.8, 4) is 5.69 Å². The van der Waals surface area contributed by atoms with Gasteiger partial charge < -0.3 is 9.30 Å². The molecule has 3 rings (SSSR count). The lowest BCUT2D eigenvalue weighted by molar-refractivity contribution is 0.0898. The highest BCUT2D eigenvalue weighted by atomic mass is 16.5. The molecule has 0 radical (unpaired) electrons. The average molecular weight is 383 g/mol. The number of ether oxygens (including phenoxy) is 1. The highest BCUT2D eigenvalue weighted by Gasteiger charge is 2.25. The van der Waals surface area contributed by atoms with Crippen LogP contribution in [0.15, 0.2) is 30.3 Å². The second-order valence-electron chi connectivity index (χ2n) is 8.05. The van der Waals surface area contributed by atoms with E-state index in [2.05, 4.69) is 54.5 Å². The van der Waals surface area contributed by atoms with Gasteiger partial charge in [-0.2, -0.15) is 0 Å². The zero-order chi connectivity index (χ0) is 20.1. The summed E-state index contributed by atoms with van der Waals surface area (Å²) in [5, 5.41) is 0. The van der Waals surface area contributed by atoms with Crippen LogP contribution >= 0.6 is 0 Å². The van der Waals surface area contributed by atoms with Gasteiger partial charge >= 0.3 is 0 Å². The normalized spacial score (nSPS) is 17.4. The zero-order valence-corrected chi connectivity index (χ0v) is 17.8. The quantitative estimate of drug-likeness (QED) is 0.464. The van der Waals surface area contributed by atoms with E-state index in [4.69, 9.17) is 4.74 Å². The molecule has 1 aliphatic rings. The Morgan fingerprint density at radius 2 is 1.93 bits per heavy atom. The summed E-state index contributed by atoms with van der Waals surface area (Å²) in [6.07, 6.45) is 6.19. The lowest BCUT2D eigenvalue weighted by atomic mass is 10.1. The summed E-state index contributed by atoms with van der Waals surface area (Å²) in [5.41, 5.74) is 5.50. The first kappa shape index (κ1) is 20.8. The second kappa shape index (κ2) is 9.53. The lowest BCUT2D eigenvalue weighted by Crippen LogP contribution is -2.29. The molecular formula is C24H34N2O2. The average Bonchev–Trinajstić information content (AvgIpc) is 3.26. The minimum absolute atomic E-state index is 0.201. The van der Waals surface area contributed by atoms with Gasteiger partial charge in [-0.15, -0.1) is 0 Å². The minimum atomic E-state index is 0.201. The molecule has 4 heteroatoms. The molecule has 1 unspecified atom stereocenters. The Morgan fingerprint density at radius 3 is 2.57 bits per heavy atom. The summed E-state index contributed by atoms with van der Waals surface area (Å²) in [7, 11) is 1.75. The van der Waals surface area contributed by atoms with Crippen LogP contribution in [0.2, 0.25) is 0 Å². The van der Waals surface area contributed by atoms with Crippen LogP contribution in [0, 0.1) is 13.8 Å². The van der Waals surface area contributed by atoms with E-state index in [1.807, 2.05) is 6.07 Å². The van der Waals surface area contributed by atoms with Crippen molar-refractivity contribution in [2.24, 2.45) is 0 Å². The molecule has 1 saturated heterocycles. The predicted molar refractivity (Wildman–Crippen MR) is 115 cm³/mol. The molecule has 1 fully saturated rings. The first-order valence-corrected chi connectivity index (χ1v) is 10.6. The van der Waals surface area contributed by atoms with Gasteiger partial charge in [-0.3, -0.25) is 9.69 Å². The van der Waals surface area contributed by atoms with Crippen LogP contribution in [0.1, 0.15) is 59.9 Å². The number of unbranched alkanes of at least 4 members (excludes halogenated alkanes) is 2. The van der Waals surface area contributed by atoms with Crippen molar-refractivity contribution in [3.63, 3.8) is 0 Å². The van der Waals surface area contributed by atoms with Crippen LogP contribution in [0.4, 0.5) is 0 Å². The standard InChI is InChI=1S/C24H34N2O2/c1-5-6-7-8-20-9-11-21(12-10-20)26-18(2)15-23(19(26)3)24(27)17-25-14-13-22(16-25)28-4/h9-12,15,22H,5-8,13-14,16-17H2,1-4H3. The van der Waals surface area contributed by atoms with E-state index in [9.17, 15) is 4.79 Å². The number of carbonyl (C=O) groups is 1. The van der Waals surface area contributed by atoms with E-state index in [0.717, 1.165) is 48.6 Å².